The van der Waals surface area contributed by atoms with Crippen molar-refractivity contribution in [3.05, 3.63) is 58.6 Å². The molecule has 3 rings (SSSR count). The molecule has 0 saturated heterocycles. The van der Waals surface area contributed by atoms with Crippen molar-refractivity contribution in [1.29, 1.82) is 0 Å². The van der Waals surface area contributed by atoms with E-state index in [1.54, 1.807) is 7.11 Å². The zero-order valence-corrected chi connectivity index (χ0v) is 12.7. The molecule has 2 aromatic rings. The number of nitrogens with two attached hydrogens (primary N) is 1. The third-order valence-electron chi connectivity index (χ3n) is 3.62. The molecule has 2 atom stereocenters. The molecule has 0 fully saturated rings. The van der Waals surface area contributed by atoms with Gasteiger partial charge in [0.1, 0.15) is 5.75 Å². The number of halogens is 1. The van der Waals surface area contributed by atoms with Gasteiger partial charge in [-0.3, -0.25) is 0 Å². The Hall–Kier alpha value is -1.16. The summed E-state index contributed by atoms with van der Waals surface area (Å²) in [4.78, 5) is 1.33. The highest BCUT2D eigenvalue weighted by Crippen LogP contribution is 2.43. The molecule has 104 valence electrons. The van der Waals surface area contributed by atoms with Crippen LogP contribution in [0.4, 0.5) is 0 Å². The molecule has 0 amide bonds. The molecule has 0 aromatic heterocycles. The van der Waals surface area contributed by atoms with E-state index >= 15 is 0 Å². The van der Waals surface area contributed by atoms with E-state index in [1.165, 1.54) is 10.5 Å². The number of rotatable bonds is 3. The first kappa shape index (κ1) is 13.8. The SMILES string of the molecule is COc1ccc(Cl)cc1C(N)C1Cc2ccccc2S1. The van der Waals surface area contributed by atoms with Gasteiger partial charge in [0.2, 0.25) is 0 Å². The van der Waals surface area contributed by atoms with Crippen LogP contribution in [0.25, 0.3) is 0 Å². The van der Waals surface area contributed by atoms with Gasteiger partial charge in [0.05, 0.1) is 7.11 Å². The Morgan fingerprint density at radius 3 is 2.85 bits per heavy atom. The lowest BCUT2D eigenvalue weighted by Crippen LogP contribution is -2.23. The fourth-order valence-corrected chi connectivity index (χ4v) is 4.10. The van der Waals surface area contributed by atoms with Crippen LogP contribution in [0.1, 0.15) is 17.2 Å². The van der Waals surface area contributed by atoms with Gasteiger partial charge in [0, 0.05) is 26.8 Å². The van der Waals surface area contributed by atoms with Gasteiger partial charge in [-0.1, -0.05) is 29.8 Å². The standard InChI is InChI=1S/C16H16ClNOS/c1-19-13-7-6-11(17)9-12(13)16(18)15-8-10-4-2-3-5-14(10)20-15/h2-7,9,15-16H,8,18H2,1H3. The second-order valence-corrected chi connectivity index (χ2v) is 6.60. The molecular weight excluding hydrogens is 290 g/mol. The summed E-state index contributed by atoms with van der Waals surface area (Å²) in [6.45, 7) is 0. The third-order valence-corrected chi connectivity index (χ3v) is 5.27. The van der Waals surface area contributed by atoms with E-state index in [0.29, 0.717) is 10.3 Å². The van der Waals surface area contributed by atoms with Crippen LogP contribution >= 0.6 is 23.4 Å². The van der Waals surface area contributed by atoms with Crippen LogP contribution in [0.15, 0.2) is 47.4 Å². The van der Waals surface area contributed by atoms with Crippen molar-refractivity contribution in [1.82, 2.24) is 0 Å². The highest BCUT2D eigenvalue weighted by atomic mass is 35.5. The topological polar surface area (TPSA) is 35.2 Å². The largest absolute Gasteiger partial charge is 0.496 e. The molecule has 1 aliphatic heterocycles. The monoisotopic (exact) mass is 305 g/mol. The molecule has 0 radical (unpaired) electrons. The highest BCUT2D eigenvalue weighted by molar-refractivity contribution is 8.00. The Morgan fingerprint density at radius 1 is 1.30 bits per heavy atom. The second kappa shape index (κ2) is 5.68. The molecule has 4 heteroatoms. The van der Waals surface area contributed by atoms with Crippen LogP contribution in [-0.4, -0.2) is 12.4 Å². The normalized spacial score (nSPS) is 18.6. The Bertz CT molecular complexity index is 607. The average Bonchev–Trinajstić information content (AvgIpc) is 2.90. The lowest BCUT2D eigenvalue weighted by atomic mass is 9.99. The molecule has 2 aromatic carbocycles. The predicted molar refractivity (Wildman–Crippen MR) is 84.7 cm³/mol. The molecule has 0 aliphatic carbocycles. The fraction of sp³-hybridized carbons (Fsp3) is 0.250. The molecule has 20 heavy (non-hydrogen) atoms. The number of thioether (sulfide) groups is 1. The molecule has 2 nitrogen and oxygen atoms in total. The van der Waals surface area contributed by atoms with Gasteiger partial charge in [-0.15, -0.1) is 11.8 Å². The van der Waals surface area contributed by atoms with E-state index in [0.717, 1.165) is 17.7 Å². The zero-order valence-electron chi connectivity index (χ0n) is 11.2. The summed E-state index contributed by atoms with van der Waals surface area (Å²) in [5, 5.41) is 1.01. The molecule has 0 saturated carbocycles. The number of hydrogen-bond donors (Lipinski definition) is 1. The lowest BCUT2D eigenvalue weighted by Gasteiger charge is -2.21. The minimum Gasteiger partial charge on any atom is -0.496 e. The summed E-state index contributed by atoms with van der Waals surface area (Å²) >= 11 is 7.94. The Morgan fingerprint density at radius 2 is 2.10 bits per heavy atom. The lowest BCUT2D eigenvalue weighted by molar-refractivity contribution is 0.405. The summed E-state index contributed by atoms with van der Waals surface area (Å²) in [5.74, 6) is 0.804. The van der Waals surface area contributed by atoms with Crippen molar-refractivity contribution < 1.29 is 4.74 Å². The van der Waals surface area contributed by atoms with E-state index in [4.69, 9.17) is 22.1 Å². The maximum atomic E-state index is 6.47. The Balaban J connectivity index is 1.88. The van der Waals surface area contributed by atoms with Gasteiger partial charge < -0.3 is 10.5 Å². The number of ether oxygens (including phenoxy) is 1. The van der Waals surface area contributed by atoms with Crippen LogP contribution in [-0.2, 0) is 6.42 Å². The van der Waals surface area contributed by atoms with E-state index < -0.39 is 0 Å². The van der Waals surface area contributed by atoms with Gasteiger partial charge >= 0.3 is 0 Å². The summed E-state index contributed by atoms with van der Waals surface area (Å²) < 4.78 is 5.41. The van der Waals surface area contributed by atoms with E-state index in [-0.39, 0.29) is 6.04 Å². The summed E-state index contributed by atoms with van der Waals surface area (Å²) in [6, 6.07) is 14.0. The quantitative estimate of drug-likeness (QED) is 0.928. The van der Waals surface area contributed by atoms with Gasteiger partial charge in [-0.25, -0.2) is 0 Å². The summed E-state index contributed by atoms with van der Waals surface area (Å²) in [7, 11) is 1.66. The number of fused-ring (bicyclic) bond motifs is 1. The van der Waals surface area contributed by atoms with Gasteiger partial charge in [-0.2, -0.15) is 0 Å². The van der Waals surface area contributed by atoms with Crippen LogP contribution in [0.2, 0.25) is 5.02 Å². The van der Waals surface area contributed by atoms with Crippen LogP contribution in [0, 0.1) is 0 Å². The van der Waals surface area contributed by atoms with Crippen molar-refractivity contribution in [2.75, 3.05) is 7.11 Å². The van der Waals surface area contributed by atoms with Crippen molar-refractivity contribution in [2.45, 2.75) is 22.6 Å². The van der Waals surface area contributed by atoms with E-state index in [1.807, 2.05) is 30.0 Å². The predicted octanol–water partition coefficient (Wildman–Crippen LogP) is 4.07. The zero-order chi connectivity index (χ0) is 14.1. The van der Waals surface area contributed by atoms with E-state index in [2.05, 4.69) is 24.3 Å². The maximum absolute atomic E-state index is 6.47. The first-order chi connectivity index (χ1) is 9.69. The first-order valence-corrected chi connectivity index (χ1v) is 7.78. The number of methoxy groups -OCH3 is 1. The maximum Gasteiger partial charge on any atom is 0.123 e. The molecule has 2 N–H and O–H groups in total. The average molecular weight is 306 g/mol. The van der Waals surface area contributed by atoms with Crippen LogP contribution in [0.3, 0.4) is 0 Å². The fourth-order valence-electron chi connectivity index (χ4n) is 2.58. The number of hydrogen-bond acceptors (Lipinski definition) is 3. The molecule has 0 spiro atoms. The van der Waals surface area contributed by atoms with Gasteiger partial charge in [0.15, 0.2) is 0 Å². The van der Waals surface area contributed by atoms with Crippen LogP contribution in [0.5, 0.6) is 5.75 Å². The Kier molecular flexibility index (Phi) is 3.92. The Labute approximate surface area is 128 Å². The molecule has 0 bridgehead atoms. The first-order valence-electron chi connectivity index (χ1n) is 6.52. The molecule has 1 heterocycles. The minimum absolute atomic E-state index is 0.0963. The smallest absolute Gasteiger partial charge is 0.123 e. The van der Waals surface area contributed by atoms with Crippen molar-refractivity contribution >= 4 is 23.4 Å². The summed E-state index contributed by atoms with van der Waals surface area (Å²) in [6.07, 6.45) is 0.984. The van der Waals surface area contributed by atoms with Crippen LogP contribution < -0.4 is 10.5 Å². The second-order valence-electron chi connectivity index (χ2n) is 4.88. The highest BCUT2D eigenvalue weighted by Gasteiger charge is 2.29. The van der Waals surface area contributed by atoms with Gasteiger partial charge in [-0.05, 0) is 36.2 Å². The molecule has 1 aliphatic rings. The van der Waals surface area contributed by atoms with E-state index in [9.17, 15) is 0 Å². The van der Waals surface area contributed by atoms with Crippen molar-refractivity contribution in [3.63, 3.8) is 0 Å². The number of benzene rings is 2. The molecule has 2 unspecified atom stereocenters. The summed E-state index contributed by atoms with van der Waals surface area (Å²) in [5.41, 5.74) is 8.82. The van der Waals surface area contributed by atoms with Crippen molar-refractivity contribution in [2.24, 2.45) is 5.73 Å². The molecular formula is C16H16ClNOS. The minimum atomic E-state index is -0.0963. The van der Waals surface area contributed by atoms with Crippen molar-refractivity contribution in [3.8, 4) is 5.75 Å². The third kappa shape index (κ3) is 2.53. The van der Waals surface area contributed by atoms with Gasteiger partial charge in [0.25, 0.3) is 0 Å².